The number of nitrogens with one attached hydrogen (secondary N) is 2. The summed E-state index contributed by atoms with van der Waals surface area (Å²) in [4.78, 5) is 0. The van der Waals surface area contributed by atoms with Crippen LogP contribution in [-0.4, -0.2) is 31.2 Å². The Morgan fingerprint density at radius 2 is 2.00 bits per heavy atom. The summed E-state index contributed by atoms with van der Waals surface area (Å²) < 4.78 is 2.91. The van der Waals surface area contributed by atoms with Crippen molar-refractivity contribution in [2.75, 3.05) is 26.2 Å². The van der Waals surface area contributed by atoms with Crippen LogP contribution < -0.4 is 9.77 Å². The number of nitrogens with zero attached hydrogens (tertiary/aromatic N) is 1. The first-order chi connectivity index (χ1) is 3.93. The Balaban J connectivity index is 2.13. The third-order valence-corrected chi connectivity index (χ3v) is 1.74. The van der Waals surface area contributed by atoms with Crippen LogP contribution in [0, 0.1) is 0 Å². The molecule has 0 spiro atoms. The Labute approximate surface area is 57.7 Å². The highest BCUT2D eigenvalue weighted by Gasteiger charge is 2.05. The van der Waals surface area contributed by atoms with Gasteiger partial charge in [0.1, 0.15) is 0 Å². The Morgan fingerprint density at radius 1 is 1.38 bits per heavy atom. The van der Waals surface area contributed by atoms with Gasteiger partial charge < -0.3 is 5.32 Å². The Kier molecular flexibility index (Phi) is 2.75. The molecule has 48 valence electrons. The van der Waals surface area contributed by atoms with E-state index in [0.717, 1.165) is 26.2 Å². The first kappa shape index (κ1) is 6.48. The molecule has 1 aliphatic heterocycles. The molecule has 0 saturated carbocycles. The van der Waals surface area contributed by atoms with Crippen molar-refractivity contribution in [3.05, 3.63) is 0 Å². The lowest BCUT2D eigenvalue weighted by molar-refractivity contribution is 0.224. The van der Waals surface area contributed by atoms with E-state index >= 15 is 0 Å². The minimum Gasteiger partial charge on any atom is -0.314 e. The third kappa shape index (κ3) is 1.70. The summed E-state index contributed by atoms with van der Waals surface area (Å²) in [6.07, 6.45) is 0. The van der Waals surface area contributed by atoms with Gasteiger partial charge in [0.2, 0.25) is 0 Å². The maximum atomic E-state index is 3.25. The number of hydrogen-bond acceptors (Lipinski definition) is 3. The molecular formula is C4H10BrN3. The second-order valence-corrected chi connectivity index (χ2v) is 2.18. The van der Waals surface area contributed by atoms with Crippen molar-refractivity contribution in [2.24, 2.45) is 0 Å². The zero-order valence-electron chi connectivity index (χ0n) is 4.65. The van der Waals surface area contributed by atoms with Gasteiger partial charge in [-0.05, 0) is 0 Å². The molecule has 0 atom stereocenters. The summed E-state index contributed by atoms with van der Waals surface area (Å²) in [6.45, 7) is 4.31. The SMILES string of the molecule is BrNN1CCNCC1. The average molecular weight is 180 g/mol. The van der Waals surface area contributed by atoms with E-state index in [4.69, 9.17) is 0 Å². The van der Waals surface area contributed by atoms with Gasteiger partial charge in [-0.15, -0.1) is 0 Å². The number of hydrogen-bond donors (Lipinski definition) is 2. The van der Waals surface area contributed by atoms with Crippen LogP contribution in [0.2, 0.25) is 0 Å². The van der Waals surface area contributed by atoms with Crippen LogP contribution in [0.1, 0.15) is 0 Å². The van der Waals surface area contributed by atoms with Crippen LogP contribution in [-0.2, 0) is 0 Å². The number of piperazine rings is 1. The minimum atomic E-state index is 1.07. The van der Waals surface area contributed by atoms with E-state index in [1.807, 2.05) is 0 Å². The summed E-state index contributed by atoms with van der Waals surface area (Å²) in [5.41, 5.74) is 0. The van der Waals surface area contributed by atoms with Crippen molar-refractivity contribution in [1.82, 2.24) is 14.8 Å². The molecule has 2 N–H and O–H groups in total. The van der Waals surface area contributed by atoms with Crippen LogP contribution in [0.15, 0.2) is 0 Å². The number of hydrazine groups is 1. The molecule has 0 aromatic carbocycles. The molecule has 3 nitrogen and oxygen atoms in total. The lowest BCUT2D eigenvalue weighted by Crippen LogP contribution is -2.46. The quantitative estimate of drug-likeness (QED) is 0.543. The lowest BCUT2D eigenvalue weighted by atomic mass is 10.4. The number of rotatable bonds is 1. The van der Waals surface area contributed by atoms with Gasteiger partial charge in [0.15, 0.2) is 0 Å². The lowest BCUT2D eigenvalue weighted by Gasteiger charge is -2.24. The maximum Gasteiger partial charge on any atom is 0.0265 e. The molecule has 1 rings (SSSR count). The van der Waals surface area contributed by atoms with Crippen LogP contribution in [0.4, 0.5) is 0 Å². The highest BCUT2D eigenvalue weighted by atomic mass is 79.9. The summed E-state index contributed by atoms with van der Waals surface area (Å²) in [6, 6.07) is 0. The van der Waals surface area contributed by atoms with E-state index in [2.05, 4.69) is 30.9 Å². The Morgan fingerprint density at radius 3 is 2.38 bits per heavy atom. The third-order valence-electron chi connectivity index (χ3n) is 1.24. The normalized spacial score (nSPS) is 23.6. The fourth-order valence-electron chi connectivity index (χ4n) is 0.749. The summed E-state index contributed by atoms with van der Waals surface area (Å²) in [5.74, 6) is 0. The topological polar surface area (TPSA) is 27.3 Å². The van der Waals surface area contributed by atoms with Gasteiger partial charge in [0, 0.05) is 42.3 Å². The van der Waals surface area contributed by atoms with E-state index in [1.54, 1.807) is 0 Å². The zero-order chi connectivity index (χ0) is 5.82. The average Bonchev–Trinajstić information content (AvgIpc) is 1.90. The second kappa shape index (κ2) is 3.40. The van der Waals surface area contributed by atoms with Gasteiger partial charge in [-0.25, -0.2) is 5.01 Å². The Hall–Kier alpha value is 0.360. The molecule has 4 heteroatoms. The van der Waals surface area contributed by atoms with Crippen LogP contribution in [0.3, 0.4) is 0 Å². The van der Waals surface area contributed by atoms with Crippen LogP contribution >= 0.6 is 16.1 Å². The molecule has 1 aliphatic rings. The predicted molar refractivity (Wildman–Crippen MR) is 36.5 cm³/mol. The molecule has 8 heavy (non-hydrogen) atoms. The fourth-order valence-corrected chi connectivity index (χ4v) is 1.10. The minimum absolute atomic E-state index is 1.07. The van der Waals surface area contributed by atoms with Crippen molar-refractivity contribution >= 4 is 16.1 Å². The highest BCUT2D eigenvalue weighted by Crippen LogP contribution is 1.87. The zero-order valence-corrected chi connectivity index (χ0v) is 6.24. The summed E-state index contributed by atoms with van der Waals surface area (Å²) >= 11 is 3.16. The van der Waals surface area contributed by atoms with E-state index < -0.39 is 0 Å². The van der Waals surface area contributed by atoms with Gasteiger partial charge in [0.25, 0.3) is 0 Å². The monoisotopic (exact) mass is 179 g/mol. The molecule has 1 heterocycles. The van der Waals surface area contributed by atoms with Crippen molar-refractivity contribution in [2.45, 2.75) is 0 Å². The molecule has 0 radical (unpaired) electrons. The maximum absolute atomic E-state index is 3.25. The van der Waals surface area contributed by atoms with Crippen LogP contribution in [0.25, 0.3) is 0 Å². The van der Waals surface area contributed by atoms with Gasteiger partial charge in [-0.3, -0.25) is 0 Å². The summed E-state index contributed by atoms with van der Waals surface area (Å²) in [5, 5.41) is 5.37. The molecule has 0 amide bonds. The molecule has 0 aromatic rings. The molecule has 0 bridgehead atoms. The van der Waals surface area contributed by atoms with Crippen molar-refractivity contribution in [1.29, 1.82) is 0 Å². The predicted octanol–water partition coefficient (Wildman–Crippen LogP) is -0.294. The van der Waals surface area contributed by atoms with Gasteiger partial charge in [-0.1, -0.05) is 0 Å². The fraction of sp³-hybridized carbons (Fsp3) is 1.00. The smallest absolute Gasteiger partial charge is 0.0265 e. The largest absolute Gasteiger partial charge is 0.314 e. The standard InChI is InChI=1S/C4H10BrN3/c5-7-8-3-1-6-2-4-8/h6-7H,1-4H2. The number of halogens is 1. The molecule has 0 unspecified atom stereocenters. The van der Waals surface area contributed by atoms with Gasteiger partial charge in [0.05, 0.1) is 0 Å². The molecule has 1 saturated heterocycles. The first-order valence-electron chi connectivity index (χ1n) is 2.75. The summed E-state index contributed by atoms with van der Waals surface area (Å²) in [7, 11) is 0. The molecule has 1 fully saturated rings. The van der Waals surface area contributed by atoms with Crippen LogP contribution in [0.5, 0.6) is 0 Å². The van der Waals surface area contributed by atoms with E-state index in [9.17, 15) is 0 Å². The van der Waals surface area contributed by atoms with E-state index in [-0.39, 0.29) is 0 Å². The first-order valence-corrected chi connectivity index (χ1v) is 3.55. The molecular weight excluding hydrogens is 170 g/mol. The Bertz CT molecular complexity index is 62.3. The van der Waals surface area contributed by atoms with Gasteiger partial charge in [-0.2, -0.15) is 4.45 Å². The van der Waals surface area contributed by atoms with Gasteiger partial charge >= 0.3 is 0 Å². The van der Waals surface area contributed by atoms with E-state index in [1.165, 1.54) is 0 Å². The highest BCUT2D eigenvalue weighted by molar-refractivity contribution is 9.08. The molecule has 0 aromatic heterocycles. The second-order valence-electron chi connectivity index (χ2n) is 1.82. The van der Waals surface area contributed by atoms with E-state index in [0.29, 0.717) is 0 Å². The van der Waals surface area contributed by atoms with Crippen molar-refractivity contribution < 1.29 is 0 Å². The van der Waals surface area contributed by atoms with Crippen molar-refractivity contribution in [3.63, 3.8) is 0 Å². The van der Waals surface area contributed by atoms with Crippen molar-refractivity contribution in [3.8, 4) is 0 Å². The molecule has 0 aliphatic carbocycles.